The second-order valence-corrected chi connectivity index (χ2v) is 7.76. The summed E-state index contributed by atoms with van der Waals surface area (Å²) in [5, 5.41) is 3.26. The molecule has 1 N–H and O–H groups in total. The zero-order valence-corrected chi connectivity index (χ0v) is 15.9. The van der Waals surface area contributed by atoms with Crippen LogP contribution in [0.3, 0.4) is 0 Å². The standard InChI is InChI=1S/C16H22N4O3S.ClH/c1-19-8-7-18-16(19)15-11-17-6-9-20(15)24(21,22)12-13-4-3-5-14(10-13)23-2;/h3-5,7-8,10,15,17H,6,9,11-12H2,1-2H3;1H. The number of rotatable bonds is 5. The van der Waals surface area contributed by atoms with Crippen LogP contribution in [0, 0.1) is 0 Å². The molecule has 0 saturated carbocycles. The smallest absolute Gasteiger partial charge is 0.219 e. The van der Waals surface area contributed by atoms with Crippen LogP contribution in [0.2, 0.25) is 0 Å². The van der Waals surface area contributed by atoms with E-state index in [1.54, 1.807) is 41.9 Å². The first-order valence-electron chi connectivity index (χ1n) is 7.81. The van der Waals surface area contributed by atoms with E-state index < -0.39 is 10.0 Å². The van der Waals surface area contributed by atoms with E-state index in [1.807, 2.05) is 17.8 Å². The Kier molecular flexibility index (Phi) is 6.45. The number of piperazine rings is 1. The predicted octanol–water partition coefficient (Wildman–Crippen LogP) is 1.33. The largest absolute Gasteiger partial charge is 0.497 e. The second-order valence-electron chi connectivity index (χ2n) is 5.83. The number of ether oxygens (including phenoxy) is 1. The summed E-state index contributed by atoms with van der Waals surface area (Å²) in [7, 11) is -0.0197. The average molecular weight is 387 g/mol. The van der Waals surface area contributed by atoms with Crippen LogP contribution in [-0.2, 0) is 22.8 Å². The quantitative estimate of drug-likeness (QED) is 0.838. The molecule has 1 aromatic heterocycles. The van der Waals surface area contributed by atoms with E-state index in [2.05, 4.69) is 10.3 Å². The van der Waals surface area contributed by atoms with Crippen LogP contribution in [0.4, 0.5) is 0 Å². The lowest BCUT2D eigenvalue weighted by atomic mass is 10.2. The first-order valence-corrected chi connectivity index (χ1v) is 9.42. The van der Waals surface area contributed by atoms with Gasteiger partial charge in [0.15, 0.2) is 0 Å². The summed E-state index contributed by atoms with van der Waals surface area (Å²) in [6.07, 6.45) is 3.52. The maximum absolute atomic E-state index is 13.0. The lowest BCUT2D eigenvalue weighted by Gasteiger charge is -2.34. The normalized spacial score (nSPS) is 18.6. The summed E-state index contributed by atoms with van der Waals surface area (Å²) in [6, 6.07) is 6.87. The van der Waals surface area contributed by atoms with Gasteiger partial charge in [-0.05, 0) is 17.7 Å². The minimum absolute atomic E-state index is 0. The lowest BCUT2D eigenvalue weighted by molar-refractivity contribution is 0.258. The van der Waals surface area contributed by atoms with Crippen molar-refractivity contribution in [3.05, 3.63) is 48.0 Å². The molecular weight excluding hydrogens is 364 g/mol. The van der Waals surface area contributed by atoms with Crippen molar-refractivity contribution in [1.82, 2.24) is 19.2 Å². The third kappa shape index (κ3) is 4.33. The molecule has 2 heterocycles. The number of benzene rings is 1. The monoisotopic (exact) mass is 386 g/mol. The van der Waals surface area contributed by atoms with Gasteiger partial charge in [-0.25, -0.2) is 13.4 Å². The number of aromatic nitrogens is 2. The van der Waals surface area contributed by atoms with E-state index in [0.29, 0.717) is 30.9 Å². The highest BCUT2D eigenvalue weighted by atomic mass is 35.5. The molecule has 0 spiro atoms. The summed E-state index contributed by atoms with van der Waals surface area (Å²) in [5.74, 6) is 1.35. The third-order valence-corrected chi connectivity index (χ3v) is 6.04. The molecule has 1 atom stereocenters. The van der Waals surface area contributed by atoms with E-state index in [1.165, 1.54) is 0 Å². The Balaban J connectivity index is 0.00000225. The minimum atomic E-state index is -3.47. The lowest BCUT2D eigenvalue weighted by Crippen LogP contribution is -2.49. The van der Waals surface area contributed by atoms with Crippen molar-refractivity contribution in [1.29, 1.82) is 0 Å². The van der Waals surface area contributed by atoms with Gasteiger partial charge in [0.05, 0.1) is 18.9 Å². The van der Waals surface area contributed by atoms with Crippen LogP contribution in [0.1, 0.15) is 17.4 Å². The molecule has 0 aliphatic carbocycles. The SMILES string of the molecule is COc1cccc(CS(=O)(=O)N2CCNCC2c2nccn2C)c1.Cl. The van der Waals surface area contributed by atoms with Gasteiger partial charge in [-0.2, -0.15) is 4.31 Å². The van der Waals surface area contributed by atoms with Gasteiger partial charge in [-0.15, -0.1) is 12.4 Å². The van der Waals surface area contributed by atoms with E-state index in [-0.39, 0.29) is 24.2 Å². The van der Waals surface area contributed by atoms with Crippen LogP contribution in [0.15, 0.2) is 36.7 Å². The van der Waals surface area contributed by atoms with E-state index in [0.717, 1.165) is 5.82 Å². The van der Waals surface area contributed by atoms with Crippen LogP contribution >= 0.6 is 12.4 Å². The molecule has 1 fully saturated rings. The highest BCUT2D eigenvalue weighted by Crippen LogP contribution is 2.26. The molecule has 3 rings (SSSR count). The number of aryl methyl sites for hydroxylation is 1. The van der Waals surface area contributed by atoms with E-state index in [4.69, 9.17) is 4.74 Å². The minimum Gasteiger partial charge on any atom is -0.497 e. The summed E-state index contributed by atoms with van der Waals surface area (Å²) in [6.45, 7) is 1.63. The molecule has 9 heteroatoms. The summed E-state index contributed by atoms with van der Waals surface area (Å²) >= 11 is 0. The van der Waals surface area contributed by atoms with Crippen molar-refractivity contribution in [2.75, 3.05) is 26.7 Å². The van der Waals surface area contributed by atoms with Crippen molar-refractivity contribution in [2.45, 2.75) is 11.8 Å². The van der Waals surface area contributed by atoms with Crippen molar-refractivity contribution in [3.63, 3.8) is 0 Å². The Labute approximate surface area is 154 Å². The fraction of sp³-hybridized carbons (Fsp3) is 0.438. The van der Waals surface area contributed by atoms with Crippen LogP contribution < -0.4 is 10.1 Å². The fourth-order valence-corrected chi connectivity index (χ4v) is 4.69. The van der Waals surface area contributed by atoms with Gasteiger partial charge < -0.3 is 14.6 Å². The van der Waals surface area contributed by atoms with E-state index in [9.17, 15) is 8.42 Å². The zero-order valence-electron chi connectivity index (χ0n) is 14.3. The van der Waals surface area contributed by atoms with Gasteiger partial charge in [-0.3, -0.25) is 0 Å². The van der Waals surface area contributed by atoms with Gasteiger partial charge in [0.2, 0.25) is 10.0 Å². The topological polar surface area (TPSA) is 76.5 Å². The maximum Gasteiger partial charge on any atom is 0.219 e. The molecule has 1 saturated heterocycles. The fourth-order valence-electron chi connectivity index (χ4n) is 2.99. The molecule has 1 aromatic carbocycles. The van der Waals surface area contributed by atoms with Crippen LogP contribution in [-0.4, -0.2) is 49.0 Å². The van der Waals surface area contributed by atoms with Crippen LogP contribution in [0.5, 0.6) is 5.75 Å². The molecule has 7 nitrogen and oxygen atoms in total. The van der Waals surface area contributed by atoms with Gasteiger partial charge in [0, 0.05) is 39.1 Å². The Morgan fingerprint density at radius 1 is 1.40 bits per heavy atom. The van der Waals surface area contributed by atoms with Gasteiger partial charge in [0.1, 0.15) is 11.6 Å². The molecule has 0 radical (unpaired) electrons. The number of hydrogen-bond acceptors (Lipinski definition) is 5. The molecule has 1 aliphatic rings. The molecule has 0 amide bonds. The predicted molar refractivity (Wildman–Crippen MR) is 98.4 cm³/mol. The number of sulfonamides is 1. The van der Waals surface area contributed by atoms with E-state index >= 15 is 0 Å². The van der Waals surface area contributed by atoms with Crippen LogP contribution in [0.25, 0.3) is 0 Å². The molecule has 1 unspecified atom stereocenters. The number of hydrogen-bond donors (Lipinski definition) is 1. The number of halogens is 1. The van der Waals surface area contributed by atoms with Crippen molar-refractivity contribution < 1.29 is 13.2 Å². The number of nitrogens with one attached hydrogen (secondary N) is 1. The van der Waals surface area contributed by atoms with Crippen molar-refractivity contribution in [2.24, 2.45) is 7.05 Å². The molecular formula is C16H23ClN4O3S. The second kappa shape index (κ2) is 8.18. The molecule has 0 bridgehead atoms. The molecule has 138 valence electrons. The Morgan fingerprint density at radius 2 is 2.20 bits per heavy atom. The van der Waals surface area contributed by atoms with Crippen molar-refractivity contribution in [3.8, 4) is 5.75 Å². The Morgan fingerprint density at radius 3 is 2.88 bits per heavy atom. The molecule has 1 aliphatic heterocycles. The summed E-state index contributed by atoms with van der Waals surface area (Å²) < 4.78 is 34.6. The number of nitrogens with zero attached hydrogens (tertiary/aromatic N) is 3. The first kappa shape index (κ1) is 19.7. The summed E-state index contributed by atoms with van der Waals surface area (Å²) in [5.41, 5.74) is 0.714. The maximum atomic E-state index is 13.0. The third-order valence-electron chi connectivity index (χ3n) is 4.19. The Hall–Kier alpha value is -1.61. The highest BCUT2D eigenvalue weighted by Gasteiger charge is 2.35. The zero-order chi connectivity index (χ0) is 17.2. The molecule has 25 heavy (non-hydrogen) atoms. The summed E-state index contributed by atoms with van der Waals surface area (Å²) in [4.78, 5) is 4.33. The van der Waals surface area contributed by atoms with Crippen molar-refractivity contribution >= 4 is 22.4 Å². The Bertz CT molecular complexity index is 809. The van der Waals surface area contributed by atoms with Gasteiger partial charge in [-0.1, -0.05) is 12.1 Å². The number of imidazole rings is 1. The highest BCUT2D eigenvalue weighted by molar-refractivity contribution is 7.88. The van der Waals surface area contributed by atoms with Gasteiger partial charge in [0.25, 0.3) is 0 Å². The first-order chi connectivity index (χ1) is 11.5. The number of methoxy groups -OCH3 is 1. The average Bonchev–Trinajstić information content (AvgIpc) is 3.00. The molecule has 2 aromatic rings. The van der Waals surface area contributed by atoms with Gasteiger partial charge >= 0.3 is 0 Å².